The Morgan fingerprint density at radius 3 is 2.21 bits per heavy atom. The molecule has 3 aliphatic rings. The van der Waals surface area contributed by atoms with Crippen LogP contribution in [-0.4, -0.2) is 91.5 Å². The van der Waals surface area contributed by atoms with E-state index in [2.05, 4.69) is 42.8 Å². The van der Waals surface area contributed by atoms with Gasteiger partial charge in [-0.3, -0.25) is 14.4 Å². The molecule has 0 bridgehead atoms. The van der Waals surface area contributed by atoms with Gasteiger partial charge < -0.3 is 24.8 Å². The number of Topliss-reactive ketones (excluding diaryl/α,β-unsaturated/α-hetero) is 1. The summed E-state index contributed by atoms with van der Waals surface area (Å²) in [5, 5.41) is 3.06. The van der Waals surface area contributed by atoms with Crippen molar-refractivity contribution in [1.29, 1.82) is 0 Å². The number of carbonyl (C=O) groups excluding carboxylic acids is 3. The lowest BCUT2D eigenvalue weighted by molar-refractivity contribution is -0.140. The number of anilines is 1. The molecule has 3 heterocycles. The van der Waals surface area contributed by atoms with Crippen molar-refractivity contribution in [2.75, 3.05) is 50.8 Å². The Morgan fingerprint density at radius 1 is 1.03 bits per heavy atom. The average molecular weight is 527 g/mol. The molecule has 1 aromatic carbocycles. The van der Waals surface area contributed by atoms with Crippen molar-refractivity contribution >= 4 is 23.3 Å². The Bertz CT molecular complexity index is 1020. The number of nitrogens with zero attached hydrogens (tertiary/aromatic N) is 3. The normalized spacial score (nSPS) is 25.4. The minimum Gasteiger partial charge on any atom is -0.369 e. The Balaban J connectivity index is 1.51. The second kappa shape index (κ2) is 11.0. The van der Waals surface area contributed by atoms with Gasteiger partial charge in [-0.2, -0.15) is 0 Å². The molecule has 1 aromatic rings. The summed E-state index contributed by atoms with van der Waals surface area (Å²) in [7, 11) is 0. The molecule has 0 radical (unpaired) electrons. The number of hydrogen-bond donors (Lipinski definition) is 1. The van der Waals surface area contributed by atoms with E-state index in [-0.39, 0.29) is 41.6 Å². The summed E-state index contributed by atoms with van der Waals surface area (Å²) in [5.74, 6) is -0.471. The van der Waals surface area contributed by atoms with Crippen molar-refractivity contribution in [1.82, 2.24) is 15.1 Å². The Hall–Kier alpha value is -2.45. The number of likely N-dealkylation sites (tertiary alicyclic amines) is 1. The molecule has 0 aromatic heterocycles. The quantitative estimate of drug-likeness (QED) is 0.588. The summed E-state index contributed by atoms with van der Waals surface area (Å²) in [6, 6.07) is 6.33. The van der Waals surface area contributed by atoms with Crippen LogP contribution < -0.4 is 10.2 Å². The number of hydrogen-bond acceptors (Lipinski definition) is 6. The molecule has 3 fully saturated rings. The maximum Gasteiger partial charge on any atom is 0.251 e. The molecule has 38 heavy (non-hydrogen) atoms. The summed E-state index contributed by atoms with van der Waals surface area (Å²) < 4.78 is 5.89. The topological polar surface area (TPSA) is 82.2 Å². The Morgan fingerprint density at radius 2 is 1.66 bits per heavy atom. The zero-order chi connectivity index (χ0) is 27.8. The van der Waals surface area contributed by atoms with Crippen molar-refractivity contribution in [3.05, 3.63) is 29.8 Å². The van der Waals surface area contributed by atoms with Gasteiger partial charge in [-0.1, -0.05) is 48.5 Å². The number of benzene rings is 1. The minimum absolute atomic E-state index is 0.0414. The molecule has 210 valence electrons. The molecule has 3 saturated heterocycles. The lowest BCUT2D eigenvalue weighted by Gasteiger charge is -2.37. The summed E-state index contributed by atoms with van der Waals surface area (Å²) in [5.41, 5.74) is 1.02. The highest BCUT2D eigenvalue weighted by molar-refractivity contribution is 5.99. The fourth-order valence-electron chi connectivity index (χ4n) is 5.97. The fraction of sp³-hybridized carbons (Fsp3) is 0.700. The molecule has 4 rings (SSSR count). The molecule has 8 nitrogen and oxygen atoms in total. The number of carbonyl (C=O) groups is 3. The van der Waals surface area contributed by atoms with Crippen molar-refractivity contribution in [2.45, 2.75) is 73.1 Å². The standard InChI is InChI=1S/C30H46N4O4/c1-8-30(6,7)26(28(37)34-18-22(29(3,4)5)25-24(34)23(35)19-38-25)31-27(36)20-10-12-21(13-11-20)33-16-14-32(9-2)15-17-33/h10-13,22,24-26H,8-9,14-19H2,1-7H3,(H,31,36)/t22-,24+,25+,26+/m0/s1. The number of ether oxygens (including phenoxy) is 1. The van der Waals surface area contributed by atoms with Crippen molar-refractivity contribution < 1.29 is 19.1 Å². The van der Waals surface area contributed by atoms with Gasteiger partial charge in [0.1, 0.15) is 18.7 Å². The number of rotatable bonds is 7. The van der Waals surface area contributed by atoms with Gasteiger partial charge >= 0.3 is 0 Å². The Kier molecular flexibility index (Phi) is 8.24. The van der Waals surface area contributed by atoms with Crippen LogP contribution in [-0.2, 0) is 14.3 Å². The highest BCUT2D eigenvalue weighted by atomic mass is 16.5. The third-order valence-electron chi connectivity index (χ3n) is 9.11. The molecular formula is C30H46N4O4. The van der Waals surface area contributed by atoms with Gasteiger partial charge in [0.25, 0.3) is 5.91 Å². The summed E-state index contributed by atoms with van der Waals surface area (Å²) in [6.07, 6.45) is 0.404. The fourth-order valence-corrected chi connectivity index (χ4v) is 5.97. The van der Waals surface area contributed by atoms with Gasteiger partial charge in [-0.15, -0.1) is 0 Å². The molecule has 8 heteroatoms. The largest absolute Gasteiger partial charge is 0.369 e. The van der Waals surface area contributed by atoms with Crippen LogP contribution in [0, 0.1) is 16.7 Å². The first-order valence-electron chi connectivity index (χ1n) is 14.2. The van der Waals surface area contributed by atoms with Crippen LogP contribution in [0.25, 0.3) is 0 Å². The van der Waals surface area contributed by atoms with E-state index < -0.39 is 17.5 Å². The number of nitrogens with one attached hydrogen (secondary N) is 1. The maximum absolute atomic E-state index is 14.1. The van der Waals surface area contributed by atoms with Gasteiger partial charge in [-0.25, -0.2) is 0 Å². The summed E-state index contributed by atoms with van der Waals surface area (Å²) >= 11 is 0. The summed E-state index contributed by atoms with van der Waals surface area (Å²) in [4.78, 5) is 46.8. The first-order valence-corrected chi connectivity index (χ1v) is 14.2. The molecule has 0 saturated carbocycles. The molecular weight excluding hydrogens is 480 g/mol. The van der Waals surface area contributed by atoms with Gasteiger partial charge in [-0.05, 0) is 48.1 Å². The minimum atomic E-state index is -0.755. The SMILES string of the molecule is CCN1CCN(c2ccc(C(=O)N[C@H](C(=O)N3C[C@H](C(C)(C)C)[C@H]4OCC(=O)[C@H]43)C(C)(C)CC)cc2)CC1. The number of ketones is 1. The van der Waals surface area contributed by atoms with E-state index in [0.29, 0.717) is 18.5 Å². The molecule has 1 N–H and O–H groups in total. The average Bonchev–Trinajstić information content (AvgIpc) is 3.47. The number of piperazine rings is 1. The predicted octanol–water partition coefficient (Wildman–Crippen LogP) is 3.20. The van der Waals surface area contributed by atoms with Crippen LogP contribution in [0.3, 0.4) is 0 Å². The molecule has 4 atom stereocenters. The van der Waals surface area contributed by atoms with Gasteiger partial charge in [0.05, 0.1) is 6.10 Å². The molecule has 2 amide bonds. The van der Waals surface area contributed by atoms with Crippen molar-refractivity contribution in [3.63, 3.8) is 0 Å². The van der Waals surface area contributed by atoms with Crippen LogP contribution in [0.2, 0.25) is 0 Å². The van der Waals surface area contributed by atoms with E-state index in [9.17, 15) is 14.4 Å². The second-order valence-electron chi connectivity index (χ2n) is 12.9. The molecule has 0 unspecified atom stereocenters. The molecule has 0 spiro atoms. The molecule has 0 aliphatic carbocycles. The van der Waals surface area contributed by atoms with Crippen LogP contribution >= 0.6 is 0 Å². The summed E-state index contributed by atoms with van der Waals surface area (Å²) in [6.45, 7) is 20.1. The zero-order valence-electron chi connectivity index (χ0n) is 24.3. The predicted molar refractivity (Wildman–Crippen MR) is 149 cm³/mol. The van der Waals surface area contributed by atoms with Gasteiger partial charge in [0.2, 0.25) is 5.91 Å². The van der Waals surface area contributed by atoms with Gasteiger partial charge in [0.15, 0.2) is 5.78 Å². The third kappa shape index (κ3) is 5.62. The highest BCUT2D eigenvalue weighted by Gasteiger charge is 2.56. The van der Waals surface area contributed by atoms with Crippen LogP contribution in [0.1, 0.15) is 65.2 Å². The highest BCUT2D eigenvalue weighted by Crippen LogP contribution is 2.42. The van der Waals surface area contributed by atoms with Gasteiger partial charge in [0, 0.05) is 49.9 Å². The van der Waals surface area contributed by atoms with E-state index in [0.717, 1.165) is 38.4 Å². The molecule has 3 aliphatic heterocycles. The van der Waals surface area contributed by atoms with Crippen LogP contribution in [0.4, 0.5) is 5.69 Å². The third-order valence-corrected chi connectivity index (χ3v) is 9.11. The van der Waals surface area contributed by atoms with E-state index >= 15 is 0 Å². The van der Waals surface area contributed by atoms with Crippen molar-refractivity contribution in [2.24, 2.45) is 16.7 Å². The maximum atomic E-state index is 14.1. The van der Waals surface area contributed by atoms with E-state index in [1.54, 1.807) is 4.90 Å². The number of likely N-dealkylation sites (N-methyl/N-ethyl adjacent to an activating group) is 1. The monoisotopic (exact) mass is 526 g/mol. The lowest BCUT2D eigenvalue weighted by Crippen LogP contribution is -2.57. The zero-order valence-corrected chi connectivity index (χ0v) is 24.3. The van der Waals surface area contributed by atoms with Crippen LogP contribution in [0.15, 0.2) is 24.3 Å². The Labute approximate surface area is 228 Å². The van der Waals surface area contributed by atoms with Crippen LogP contribution in [0.5, 0.6) is 0 Å². The number of fused-ring (bicyclic) bond motifs is 1. The lowest BCUT2D eigenvalue weighted by atomic mass is 9.78. The van der Waals surface area contributed by atoms with Crippen molar-refractivity contribution in [3.8, 4) is 0 Å². The second-order valence-corrected chi connectivity index (χ2v) is 12.9. The smallest absolute Gasteiger partial charge is 0.251 e. The first kappa shape index (κ1) is 28.6. The number of amides is 2. The van der Waals surface area contributed by atoms with E-state index in [1.807, 2.05) is 45.0 Å². The van der Waals surface area contributed by atoms with E-state index in [4.69, 9.17) is 4.74 Å². The van der Waals surface area contributed by atoms with E-state index in [1.165, 1.54) is 0 Å². The first-order chi connectivity index (χ1) is 17.9.